The maximum atomic E-state index is 10.5. The van der Waals surface area contributed by atoms with Crippen molar-refractivity contribution < 1.29 is 19.4 Å². The normalized spacial score (nSPS) is 10.6. The second-order valence-electron chi connectivity index (χ2n) is 3.55. The largest absolute Gasteiger partial charge is 0.493 e. The summed E-state index contributed by atoms with van der Waals surface area (Å²) in [6, 6.07) is 3.26. The zero-order chi connectivity index (χ0) is 13.5. The van der Waals surface area contributed by atoms with Gasteiger partial charge in [0.1, 0.15) is 0 Å². The minimum absolute atomic E-state index is 0.459. The van der Waals surface area contributed by atoms with Gasteiger partial charge >= 0.3 is 5.97 Å². The molecule has 0 atom stereocenters. The Labute approximate surface area is 111 Å². The molecular weight excluding hydrogens is 256 g/mol. The van der Waals surface area contributed by atoms with Gasteiger partial charge in [-0.25, -0.2) is 4.79 Å². The van der Waals surface area contributed by atoms with Crippen molar-refractivity contribution in [2.24, 2.45) is 0 Å². The molecule has 0 aliphatic heterocycles. The fourth-order valence-electron chi connectivity index (χ4n) is 1.38. The monoisotopic (exact) mass is 270 g/mol. The molecule has 0 spiro atoms. The highest BCUT2D eigenvalue weighted by Gasteiger charge is 2.11. The predicted octanol–water partition coefficient (Wildman–Crippen LogP) is 3.24. The van der Waals surface area contributed by atoms with Gasteiger partial charge in [-0.05, 0) is 18.6 Å². The Morgan fingerprint density at radius 2 is 2.22 bits per heavy atom. The van der Waals surface area contributed by atoms with E-state index in [0.717, 1.165) is 12.5 Å². The SMILES string of the molecule is CCCOc1c(/C=C/C(=O)O)cc(Cl)cc1OC. The van der Waals surface area contributed by atoms with Gasteiger partial charge in [0.2, 0.25) is 0 Å². The van der Waals surface area contributed by atoms with Gasteiger partial charge in [-0.2, -0.15) is 0 Å². The Kier molecular flexibility index (Phi) is 5.52. The van der Waals surface area contributed by atoms with Crippen LogP contribution in [0.2, 0.25) is 5.02 Å². The van der Waals surface area contributed by atoms with Gasteiger partial charge in [-0.15, -0.1) is 0 Å². The summed E-state index contributed by atoms with van der Waals surface area (Å²) < 4.78 is 10.7. The summed E-state index contributed by atoms with van der Waals surface area (Å²) in [6.45, 7) is 2.50. The summed E-state index contributed by atoms with van der Waals surface area (Å²) in [5.74, 6) is -0.0439. The average Bonchev–Trinajstić information content (AvgIpc) is 2.34. The Balaban J connectivity index is 3.18. The van der Waals surface area contributed by atoms with Crippen molar-refractivity contribution in [1.29, 1.82) is 0 Å². The van der Waals surface area contributed by atoms with E-state index in [1.54, 1.807) is 12.1 Å². The second-order valence-corrected chi connectivity index (χ2v) is 3.98. The lowest BCUT2D eigenvalue weighted by Gasteiger charge is -2.13. The highest BCUT2D eigenvalue weighted by atomic mass is 35.5. The molecule has 0 amide bonds. The van der Waals surface area contributed by atoms with Crippen molar-refractivity contribution in [1.82, 2.24) is 0 Å². The van der Waals surface area contributed by atoms with E-state index >= 15 is 0 Å². The predicted molar refractivity (Wildman–Crippen MR) is 70.5 cm³/mol. The lowest BCUT2D eigenvalue weighted by molar-refractivity contribution is -0.131. The summed E-state index contributed by atoms with van der Waals surface area (Å²) >= 11 is 5.93. The summed E-state index contributed by atoms with van der Waals surface area (Å²) in [5, 5.41) is 9.10. The minimum atomic E-state index is -1.03. The third-order valence-corrected chi connectivity index (χ3v) is 2.34. The van der Waals surface area contributed by atoms with E-state index in [1.165, 1.54) is 13.2 Å². The Bertz CT molecular complexity index is 455. The molecule has 0 heterocycles. The van der Waals surface area contributed by atoms with Crippen LogP contribution in [0.5, 0.6) is 11.5 Å². The lowest BCUT2D eigenvalue weighted by Crippen LogP contribution is -2.00. The molecule has 1 aromatic carbocycles. The number of hydrogen-bond donors (Lipinski definition) is 1. The van der Waals surface area contributed by atoms with Gasteiger partial charge in [-0.3, -0.25) is 0 Å². The molecule has 0 bridgehead atoms. The number of rotatable bonds is 6. The molecular formula is C13H15ClO4. The summed E-state index contributed by atoms with van der Waals surface area (Å²) in [7, 11) is 1.51. The Morgan fingerprint density at radius 3 is 2.78 bits per heavy atom. The highest BCUT2D eigenvalue weighted by Crippen LogP contribution is 2.35. The Morgan fingerprint density at radius 1 is 1.50 bits per heavy atom. The van der Waals surface area contributed by atoms with Crippen LogP contribution in [-0.2, 0) is 4.79 Å². The van der Waals surface area contributed by atoms with Crippen LogP contribution < -0.4 is 9.47 Å². The van der Waals surface area contributed by atoms with Crippen molar-refractivity contribution in [3.63, 3.8) is 0 Å². The standard InChI is InChI=1S/C13H15ClO4/c1-3-6-18-13-9(4-5-12(15)16)7-10(14)8-11(13)17-2/h4-5,7-8H,3,6H2,1-2H3,(H,15,16)/b5-4+. The highest BCUT2D eigenvalue weighted by molar-refractivity contribution is 6.31. The van der Waals surface area contributed by atoms with E-state index in [2.05, 4.69) is 0 Å². The fraction of sp³-hybridized carbons (Fsp3) is 0.308. The number of halogens is 1. The van der Waals surface area contributed by atoms with Gasteiger partial charge in [0, 0.05) is 22.7 Å². The molecule has 0 fully saturated rings. The first kappa shape index (κ1) is 14.4. The first-order valence-corrected chi connectivity index (χ1v) is 5.87. The maximum Gasteiger partial charge on any atom is 0.328 e. The molecule has 5 heteroatoms. The summed E-state index contributed by atoms with van der Waals surface area (Å²) in [5.41, 5.74) is 0.579. The average molecular weight is 271 g/mol. The van der Waals surface area contributed by atoms with Crippen molar-refractivity contribution >= 4 is 23.6 Å². The van der Waals surface area contributed by atoms with E-state index in [-0.39, 0.29) is 0 Å². The van der Waals surface area contributed by atoms with E-state index in [0.29, 0.717) is 28.7 Å². The molecule has 1 aromatic rings. The number of methoxy groups -OCH3 is 1. The smallest absolute Gasteiger partial charge is 0.328 e. The molecule has 4 nitrogen and oxygen atoms in total. The molecule has 0 saturated heterocycles. The molecule has 1 rings (SSSR count). The third-order valence-electron chi connectivity index (χ3n) is 2.12. The second kappa shape index (κ2) is 6.91. The van der Waals surface area contributed by atoms with Gasteiger partial charge in [0.25, 0.3) is 0 Å². The van der Waals surface area contributed by atoms with Crippen LogP contribution in [0.15, 0.2) is 18.2 Å². The number of carboxylic acids is 1. The molecule has 0 unspecified atom stereocenters. The summed E-state index contributed by atoms with van der Waals surface area (Å²) in [6.07, 6.45) is 3.31. The first-order chi connectivity index (χ1) is 8.58. The van der Waals surface area contributed by atoms with Crippen molar-refractivity contribution in [3.05, 3.63) is 28.8 Å². The molecule has 98 valence electrons. The number of hydrogen-bond acceptors (Lipinski definition) is 3. The van der Waals surface area contributed by atoms with E-state index in [9.17, 15) is 4.79 Å². The van der Waals surface area contributed by atoms with Crippen LogP contribution in [0, 0.1) is 0 Å². The third kappa shape index (κ3) is 3.96. The number of benzene rings is 1. The first-order valence-electron chi connectivity index (χ1n) is 5.49. The van der Waals surface area contributed by atoms with Gasteiger partial charge < -0.3 is 14.6 Å². The number of carbonyl (C=O) groups is 1. The van der Waals surface area contributed by atoms with Crippen LogP contribution in [0.25, 0.3) is 6.08 Å². The van der Waals surface area contributed by atoms with Crippen LogP contribution in [-0.4, -0.2) is 24.8 Å². The molecule has 18 heavy (non-hydrogen) atoms. The zero-order valence-corrected chi connectivity index (χ0v) is 11.0. The van der Waals surface area contributed by atoms with E-state index < -0.39 is 5.97 Å². The minimum Gasteiger partial charge on any atom is -0.493 e. The van der Waals surface area contributed by atoms with Gasteiger partial charge in [0.05, 0.1) is 13.7 Å². The van der Waals surface area contributed by atoms with E-state index in [1.807, 2.05) is 6.92 Å². The van der Waals surface area contributed by atoms with Crippen LogP contribution in [0.1, 0.15) is 18.9 Å². The molecule has 0 aliphatic rings. The van der Waals surface area contributed by atoms with Gasteiger partial charge in [0.15, 0.2) is 11.5 Å². The molecule has 0 saturated carbocycles. The Hall–Kier alpha value is -1.68. The fourth-order valence-corrected chi connectivity index (χ4v) is 1.60. The topological polar surface area (TPSA) is 55.8 Å². The lowest BCUT2D eigenvalue weighted by atomic mass is 10.1. The molecule has 0 aromatic heterocycles. The molecule has 0 aliphatic carbocycles. The van der Waals surface area contributed by atoms with Crippen molar-refractivity contribution in [2.45, 2.75) is 13.3 Å². The van der Waals surface area contributed by atoms with Crippen molar-refractivity contribution in [2.75, 3.05) is 13.7 Å². The maximum absolute atomic E-state index is 10.5. The number of aliphatic carboxylic acids is 1. The van der Waals surface area contributed by atoms with Crippen molar-refractivity contribution in [3.8, 4) is 11.5 Å². The number of carboxylic acid groups (broad SMARTS) is 1. The van der Waals surface area contributed by atoms with E-state index in [4.69, 9.17) is 26.2 Å². The number of ether oxygens (including phenoxy) is 2. The summed E-state index contributed by atoms with van der Waals surface area (Å²) in [4.78, 5) is 10.5. The zero-order valence-electron chi connectivity index (χ0n) is 10.3. The molecule has 1 N–H and O–H groups in total. The molecule has 0 radical (unpaired) electrons. The van der Waals surface area contributed by atoms with Crippen LogP contribution in [0.4, 0.5) is 0 Å². The van der Waals surface area contributed by atoms with Crippen LogP contribution >= 0.6 is 11.6 Å². The van der Waals surface area contributed by atoms with Gasteiger partial charge in [-0.1, -0.05) is 18.5 Å². The van der Waals surface area contributed by atoms with Crippen LogP contribution in [0.3, 0.4) is 0 Å². The quantitative estimate of drug-likeness (QED) is 0.806.